The van der Waals surface area contributed by atoms with Crippen LogP contribution in [0.3, 0.4) is 0 Å². The maximum atomic E-state index is 11.8. The Morgan fingerprint density at radius 1 is 1.37 bits per heavy atom. The van der Waals surface area contributed by atoms with Crippen molar-refractivity contribution in [2.75, 3.05) is 6.54 Å². The fourth-order valence-corrected chi connectivity index (χ4v) is 2.07. The molecule has 19 heavy (non-hydrogen) atoms. The van der Waals surface area contributed by atoms with Gasteiger partial charge in [-0.15, -0.1) is 0 Å². The number of rotatable bonds is 5. The molecule has 0 unspecified atom stereocenters. The van der Waals surface area contributed by atoms with Gasteiger partial charge in [0.05, 0.1) is 10.5 Å². The van der Waals surface area contributed by atoms with Crippen molar-refractivity contribution < 1.29 is 9.72 Å². The number of hydrogen-bond acceptors (Lipinski definition) is 4. The average molecular weight is 263 g/mol. The van der Waals surface area contributed by atoms with Crippen LogP contribution in [-0.2, 0) is 11.2 Å². The molecule has 6 nitrogen and oxygen atoms in total. The molecule has 1 aliphatic rings. The van der Waals surface area contributed by atoms with Crippen LogP contribution in [-0.4, -0.2) is 22.9 Å². The zero-order valence-electron chi connectivity index (χ0n) is 10.6. The van der Waals surface area contributed by atoms with Crippen LogP contribution in [0.2, 0.25) is 0 Å². The van der Waals surface area contributed by atoms with E-state index in [1.807, 2.05) is 0 Å². The Morgan fingerprint density at radius 2 is 2.00 bits per heavy atom. The number of nitrogens with one attached hydrogen (secondary N) is 1. The first-order valence-corrected chi connectivity index (χ1v) is 6.32. The van der Waals surface area contributed by atoms with E-state index in [1.54, 1.807) is 12.1 Å². The fourth-order valence-electron chi connectivity index (χ4n) is 2.07. The van der Waals surface area contributed by atoms with Crippen molar-refractivity contribution in [1.29, 1.82) is 0 Å². The predicted molar refractivity (Wildman–Crippen MR) is 70.6 cm³/mol. The van der Waals surface area contributed by atoms with Gasteiger partial charge in [0.2, 0.25) is 5.91 Å². The van der Waals surface area contributed by atoms with Crippen molar-refractivity contribution in [2.24, 2.45) is 5.73 Å². The molecule has 0 aromatic heterocycles. The van der Waals surface area contributed by atoms with Crippen LogP contribution in [0.1, 0.15) is 24.8 Å². The lowest BCUT2D eigenvalue weighted by molar-refractivity contribution is -0.384. The molecule has 2 rings (SSSR count). The topological polar surface area (TPSA) is 98.3 Å². The van der Waals surface area contributed by atoms with Crippen molar-refractivity contribution in [3.05, 3.63) is 39.9 Å². The second kappa shape index (κ2) is 5.36. The third-order valence-electron chi connectivity index (χ3n) is 3.54. The highest BCUT2D eigenvalue weighted by molar-refractivity contribution is 5.86. The molecule has 102 valence electrons. The Labute approximate surface area is 111 Å². The summed E-state index contributed by atoms with van der Waals surface area (Å²) in [5.74, 6) is -0.0966. The molecular weight excluding hydrogens is 246 g/mol. The number of nitro groups is 1. The van der Waals surface area contributed by atoms with Gasteiger partial charge in [0.1, 0.15) is 0 Å². The largest absolute Gasteiger partial charge is 0.354 e. The van der Waals surface area contributed by atoms with E-state index in [0.29, 0.717) is 13.0 Å². The zero-order valence-corrected chi connectivity index (χ0v) is 10.6. The summed E-state index contributed by atoms with van der Waals surface area (Å²) < 4.78 is 0. The molecule has 1 amide bonds. The quantitative estimate of drug-likeness (QED) is 0.614. The van der Waals surface area contributed by atoms with E-state index in [-0.39, 0.29) is 11.6 Å². The lowest BCUT2D eigenvalue weighted by Gasteiger charge is -2.36. The molecule has 0 saturated heterocycles. The maximum Gasteiger partial charge on any atom is 0.269 e. The van der Waals surface area contributed by atoms with E-state index >= 15 is 0 Å². The Morgan fingerprint density at radius 3 is 2.47 bits per heavy atom. The summed E-state index contributed by atoms with van der Waals surface area (Å²) in [6.45, 7) is 0.496. The van der Waals surface area contributed by atoms with Gasteiger partial charge in [-0.05, 0) is 31.2 Å². The molecule has 0 bridgehead atoms. The molecule has 6 heteroatoms. The lowest BCUT2D eigenvalue weighted by atomic mass is 9.77. The minimum atomic E-state index is -0.671. The SMILES string of the molecule is NC1(C(=O)NCCc2ccc([N+](=O)[O-])cc2)CCC1. The van der Waals surface area contributed by atoms with Crippen LogP contribution < -0.4 is 11.1 Å². The number of nitrogens with zero attached hydrogens (tertiary/aromatic N) is 1. The summed E-state index contributed by atoms with van der Waals surface area (Å²) in [4.78, 5) is 21.8. The van der Waals surface area contributed by atoms with Gasteiger partial charge in [-0.1, -0.05) is 12.1 Å². The summed E-state index contributed by atoms with van der Waals surface area (Å²) in [7, 11) is 0. The second-order valence-corrected chi connectivity index (χ2v) is 4.94. The van der Waals surface area contributed by atoms with E-state index in [9.17, 15) is 14.9 Å². The number of benzene rings is 1. The molecule has 0 atom stereocenters. The van der Waals surface area contributed by atoms with Crippen molar-refractivity contribution in [2.45, 2.75) is 31.2 Å². The molecular formula is C13H17N3O3. The maximum absolute atomic E-state index is 11.8. The first-order valence-electron chi connectivity index (χ1n) is 6.32. The van der Waals surface area contributed by atoms with Crippen LogP contribution in [0.4, 0.5) is 5.69 Å². The number of carbonyl (C=O) groups is 1. The minimum Gasteiger partial charge on any atom is -0.354 e. The van der Waals surface area contributed by atoms with Crippen LogP contribution >= 0.6 is 0 Å². The molecule has 0 spiro atoms. The molecule has 1 fully saturated rings. The molecule has 0 aliphatic heterocycles. The summed E-state index contributed by atoms with van der Waals surface area (Å²) in [6.07, 6.45) is 3.14. The van der Waals surface area contributed by atoms with Gasteiger partial charge in [0.15, 0.2) is 0 Å². The van der Waals surface area contributed by atoms with E-state index in [0.717, 1.165) is 24.8 Å². The number of non-ortho nitro benzene ring substituents is 1. The van der Waals surface area contributed by atoms with Crippen molar-refractivity contribution in [3.8, 4) is 0 Å². The second-order valence-electron chi connectivity index (χ2n) is 4.94. The first kappa shape index (κ1) is 13.5. The summed E-state index contributed by atoms with van der Waals surface area (Å²) in [6, 6.07) is 6.33. The Hall–Kier alpha value is -1.95. The first-order chi connectivity index (χ1) is 9.01. The van der Waals surface area contributed by atoms with Gasteiger partial charge < -0.3 is 11.1 Å². The van der Waals surface area contributed by atoms with E-state index < -0.39 is 10.5 Å². The standard InChI is InChI=1S/C13H17N3O3/c14-13(7-1-8-13)12(17)15-9-6-10-2-4-11(5-3-10)16(18)19/h2-5H,1,6-9,14H2,(H,15,17). The Balaban J connectivity index is 1.79. The van der Waals surface area contributed by atoms with Crippen LogP contribution in [0.25, 0.3) is 0 Å². The number of amides is 1. The van der Waals surface area contributed by atoms with E-state index in [2.05, 4.69) is 5.32 Å². The van der Waals surface area contributed by atoms with Gasteiger partial charge in [-0.25, -0.2) is 0 Å². The van der Waals surface area contributed by atoms with Crippen molar-refractivity contribution in [1.82, 2.24) is 5.32 Å². The molecule has 1 aromatic carbocycles. The molecule has 0 heterocycles. The number of nitrogens with two attached hydrogens (primary N) is 1. The number of nitro benzene ring substituents is 1. The van der Waals surface area contributed by atoms with Gasteiger partial charge in [-0.3, -0.25) is 14.9 Å². The van der Waals surface area contributed by atoms with E-state index in [4.69, 9.17) is 5.73 Å². The number of carbonyl (C=O) groups excluding carboxylic acids is 1. The van der Waals surface area contributed by atoms with Gasteiger partial charge in [-0.2, -0.15) is 0 Å². The minimum absolute atomic E-state index is 0.0724. The third kappa shape index (κ3) is 3.08. The fraction of sp³-hybridized carbons (Fsp3) is 0.462. The normalized spacial score (nSPS) is 16.5. The van der Waals surface area contributed by atoms with Gasteiger partial charge >= 0.3 is 0 Å². The highest BCUT2D eigenvalue weighted by atomic mass is 16.6. The van der Waals surface area contributed by atoms with Crippen molar-refractivity contribution >= 4 is 11.6 Å². The summed E-state index contributed by atoms with van der Waals surface area (Å²) >= 11 is 0. The van der Waals surface area contributed by atoms with Crippen LogP contribution in [0.5, 0.6) is 0 Å². The predicted octanol–water partition coefficient (Wildman–Crippen LogP) is 1.13. The molecule has 0 radical (unpaired) electrons. The highest BCUT2D eigenvalue weighted by Crippen LogP contribution is 2.28. The number of hydrogen-bond donors (Lipinski definition) is 2. The van der Waals surface area contributed by atoms with E-state index in [1.165, 1.54) is 12.1 Å². The van der Waals surface area contributed by atoms with Gasteiger partial charge in [0.25, 0.3) is 5.69 Å². The van der Waals surface area contributed by atoms with Gasteiger partial charge in [0, 0.05) is 18.7 Å². The van der Waals surface area contributed by atoms with Crippen LogP contribution in [0, 0.1) is 10.1 Å². The molecule has 1 saturated carbocycles. The molecule has 3 N–H and O–H groups in total. The monoisotopic (exact) mass is 263 g/mol. The molecule has 1 aromatic rings. The smallest absolute Gasteiger partial charge is 0.269 e. The summed E-state index contributed by atoms with van der Waals surface area (Å²) in [5, 5.41) is 13.3. The molecule has 1 aliphatic carbocycles. The zero-order chi connectivity index (χ0) is 13.9. The Kier molecular flexibility index (Phi) is 3.80. The third-order valence-corrected chi connectivity index (χ3v) is 3.54. The van der Waals surface area contributed by atoms with Crippen molar-refractivity contribution in [3.63, 3.8) is 0 Å². The Bertz CT molecular complexity index is 480. The lowest BCUT2D eigenvalue weighted by Crippen LogP contribution is -2.58. The van der Waals surface area contributed by atoms with Crippen LogP contribution in [0.15, 0.2) is 24.3 Å². The summed E-state index contributed by atoms with van der Waals surface area (Å²) in [5.41, 5.74) is 6.24. The average Bonchev–Trinajstić information content (AvgIpc) is 2.36. The highest BCUT2D eigenvalue weighted by Gasteiger charge is 2.39.